The van der Waals surface area contributed by atoms with E-state index < -0.39 is 0 Å². The zero-order valence-electron chi connectivity index (χ0n) is 19.1. The molecule has 2 N–H and O–H groups in total. The third-order valence-electron chi connectivity index (χ3n) is 6.15. The summed E-state index contributed by atoms with van der Waals surface area (Å²) >= 11 is 0. The summed E-state index contributed by atoms with van der Waals surface area (Å²) in [5, 5.41) is 10.4. The number of amides is 1. The average molecular weight is 447 g/mol. The van der Waals surface area contributed by atoms with Gasteiger partial charge in [-0.25, -0.2) is 0 Å². The van der Waals surface area contributed by atoms with Gasteiger partial charge in [0.2, 0.25) is 0 Å². The van der Waals surface area contributed by atoms with Gasteiger partial charge in [-0.2, -0.15) is 0 Å². The smallest absolute Gasteiger partial charge is 0.277 e. The summed E-state index contributed by atoms with van der Waals surface area (Å²) < 4.78 is 5.06. The largest absolute Gasteiger partial charge is 0.370 e. The number of aromatic nitrogens is 1. The second-order valence-corrected chi connectivity index (χ2v) is 8.60. The molecule has 1 amide bonds. The van der Waals surface area contributed by atoms with Crippen molar-refractivity contribution in [2.75, 3.05) is 23.3 Å². The highest BCUT2D eigenvalue weighted by atomic mass is 16.5. The molecule has 33 heavy (non-hydrogen) atoms. The maximum absolute atomic E-state index is 12.8. The highest BCUT2D eigenvalue weighted by molar-refractivity contribution is 6.04. The third-order valence-corrected chi connectivity index (χ3v) is 6.15. The van der Waals surface area contributed by atoms with Crippen LogP contribution in [0.5, 0.6) is 0 Å². The highest BCUT2D eigenvalue weighted by Gasteiger charge is 2.22. The van der Waals surface area contributed by atoms with Crippen molar-refractivity contribution in [2.24, 2.45) is 5.92 Å². The molecule has 0 saturated carbocycles. The molecule has 0 aliphatic carbocycles. The van der Waals surface area contributed by atoms with E-state index in [1.807, 2.05) is 24.3 Å². The number of rotatable bonds is 8. The molecule has 7 nitrogen and oxygen atoms in total. The minimum atomic E-state index is -0.307. The van der Waals surface area contributed by atoms with Crippen molar-refractivity contribution in [3.8, 4) is 0 Å². The van der Waals surface area contributed by atoms with Gasteiger partial charge in [0.15, 0.2) is 5.69 Å². The Kier molecular flexibility index (Phi) is 7.19. The molecule has 1 saturated heterocycles. The number of benzene rings is 2. The Balaban J connectivity index is 1.53. The summed E-state index contributed by atoms with van der Waals surface area (Å²) in [4.78, 5) is 26.2. The average Bonchev–Trinajstić information content (AvgIpc) is 3.30. The highest BCUT2D eigenvalue weighted by Crippen LogP contribution is 2.31. The van der Waals surface area contributed by atoms with Crippen LogP contribution in [0.4, 0.5) is 11.4 Å². The van der Waals surface area contributed by atoms with E-state index in [9.17, 15) is 9.59 Å². The molecular formula is C26H30N4O3. The van der Waals surface area contributed by atoms with Crippen LogP contribution in [0.1, 0.15) is 53.2 Å². The van der Waals surface area contributed by atoms with Crippen LogP contribution in [-0.2, 0) is 11.3 Å². The normalized spacial score (nSPS) is 15.3. The van der Waals surface area contributed by atoms with Crippen LogP contribution >= 0.6 is 0 Å². The Morgan fingerprint density at radius 3 is 2.61 bits per heavy atom. The number of carbonyl (C=O) groups is 2. The summed E-state index contributed by atoms with van der Waals surface area (Å²) in [5.74, 6) is 0.392. The number of nitrogens with one attached hydrogen (secondary N) is 2. The molecule has 4 rings (SSSR count). The van der Waals surface area contributed by atoms with Gasteiger partial charge in [-0.05, 0) is 49.9 Å². The molecule has 1 aliphatic heterocycles. The lowest BCUT2D eigenvalue weighted by atomic mass is 9.97. The molecule has 172 valence electrons. The lowest BCUT2D eigenvalue weighted by molar-refractivity contribution is -0.111. The summed E-state index contributed by atoms with van der Waals surface area (Å²) in [6.45, 7) is 6.11. The second-order valence-electron chi connectivity index (χ2n) is 8.60. The number of carbonyl (C=O) groups excluding carboxylic acids is 2. The fraction of sp³-hybridized carbons (Fsp3) is 0.346. The molecule has 1 aliphatic rings. The van der Waals surface area contributed by atoms with Crippen molar-refractivity contribution in [3.63, 3.8) is 0 Å². The van der Waals surface area contributed by atoms with Crippen molar-refractivity contribution in [2.45, 2.75) is 39.3 Å². The number of aldehydes is 1. The molecule has 1 fully saturated rings. The van der Waals surface area contributed by atoms with Crippen molar-refractivity contribution in [1.29, 1.82) is 0 Å². The predicted octanol–water partition coefficient (Wildman–Crippen LogP) is 4.50. The SMILES string of the molecule is Cc1cc(C(=O)Nc2cc(CN[C@H](C)c3ccccc3)ccc2N2CCC(C=O)CC2)no1. The molecule has 7 heteroatoms. The van der Waals surface area contributed by atoms with Gasteiger partial charge in [0.25, 0.3) is 5.91 Å². The van der Waals surface area contributed by atoms with E-state index in [0.29, 0.717) is 12.3 Å². The van der Waals surface area contributed by atoms with Crippen LogP contribution in [0, 0.1) is 12.8 Å². The molecule has 0 radical (unpaired) electrons. The Morgan fingerprint density at radius 1 is 1.18 bits per heavy atom. The van der Waals surface area contributed by atoms with Gasteiger partial charge in [0, 0.05) is 37.7 Å². The first-order valence-electron chi connectivity index (χ1n) is 11.4. The monoisotopic (exact) mass is 446 g/mol. The molecule has 0 spiro atoms. The first kappa shape index (κ1) is 22.7. The van der Waals surface area contributed by atoms with Gasteiger partial charge >= 0.3 is 0 Å². The topological polar surface area (TPSA) is 87.5 Å². The molecule has 0 bridgehead atoms. The quantitative estimate of drug-likeness (QED) is 0.496. The number of anilines is 2. The van der Waals surface area contributed by atoms with Crippen LogP contribution in [-0.4, -0.2) is 30.4 Å². The van der Waals surface area contributed by atoms with Crippen LogP contribution in [0.15, 0.2) is 59.1 Å². The van der Waals surface area contributed by atoms with Gasteiger partial charge in [-0.1, -0.05) is 41.6 Å². The number of hydrogen-bond donors (Lipinski definition) is 2. The van der Waals surface area contributed by atoms with Crippen LogP contribution < -0.4 is 15.5 Å². The standard InChI is InChI=1S/C26H30N4O3/c1-18-14-24(29-33-18)26(32)28-23-15-21(16-27-19(2)22-6-4-3-5-7-22)8-9-25(23)30-12-10-20(17-31)11-13-30/h3-9,14-15,17,19-20,27H,10-13,16H2,1-2H3,(H,28,32)/t19-/m1/s1. The molecule has 2 heterocycles. The van der Waals surface area contributed by atoms with E-state index in [0.717, 1.165) is 49.2 Å². The minimum Gasteiger partial charge on any atom is -0.370 e. The van der Waals surface area contributed by atoms with E-state index in [1.54, 1.807) is 13.0 Å². The molecule has 2 aromatic carbocycles. The summed E-state index contributed by atoms with van der Waals surface area (Å²) in [6, 6.07) is 18.3. The Morgan fingerprint density at radius 2 is 1.94 bits per heavy atom. The first-order valence-corrected chi connectivity index (χ1v) is 11.4. The van der Waals surface area contributed by atoms with E-state index in [1.165, 1.54) is 5.56 Å². The second kappa shape index (κ2) is 10.4. The number of aryl methyl sites for hydroxylation is 1. The molecule has 1 atom stereocenters. The zero-order valence-corrected chi connectivity index (χ0v) is 19.1. The Labute approximate surface area is 194 Å². The Hall–Kier alpha value is -3.45. The molecule has 3 aromatic rings. The lowest BCUT2D eigenvalue weighted by Gasteiger charge is -2.33. The molecule has 0 unspecified atom stereocenters. The predicted molar refractivity (Wildman–Crippen MR) is 128 cm³/mol. The van der Waals surface area contributed by atoms with Gasteiger partial charge in [0.05, 0.1) is 11.4 Å². The van der Waals surface area contributed by atoms with Crippen LogP contribution in [0.25, 0.3) is 0 Å². The fourth-order valence-corrected chi connectivity index (χ4v) is 4.14. The molecular weight excluding hydrogens is 416 g/mol. The van der Waals surface area contributed by atoms with Crippen molar-refractivity contribution >= 4 is 23.6 Å². The van der Waals surface area contributed by atoms with E-state index >= 15 is 0 Å². The summed E-state index contributed by atoms with van der Waals surface area (Å²) in [5.41, 5.74) is 4.22. The van der Waals surface area contributed by atoms with Crippen molar-refractivity contribution in [1.82, 2.24) is 10.5 Å². The van der Waals surface area contributed by atoms with E-state index in [-0.39, 0.29) is 23.6 Å². The summed E-state index contributed by atoms with van der Waals surface area (Å²) in [7, 11) is 0. The van der Waals surface area contributed by atoms with Gasteiger partial charge in [-0.3, -0.25) is 4.79 Å². The first-order chi connectivity index (χ1) is 16.0. The molecule has 1 aromatic heterocycles. The van der Waals surface area contributed by atoms with Gasteiger partial charge in [-0.15, -0.1) is 0 Å². The van der Waals surface area contributed by atoms with E-state index in [4.69, 9.17) is 4.52 Å². The van der Waals surface area contributed by atoms with Crippen molar-refractivity contribution < 1.29 is 14.1 Å². The lowest BCUT2D eigenvalue weighted by Crippen LogP contribution is -2.34. The number of hydrogen-bond acceptors (Lipinski definition) is 6. The van der Waals surface area contributed by atoms with Gasteiger partial charge < -0.3 is 24.9 Å². The third kappa shape index (κ3) is 5.68. The van der Waals surface area contributed by atoms with Crippen LogP contribution in [0.3, 0.4) is 0 Å². The number of piperidine rings is 1. The van der Waals surface area contributed by atoms with Gasteiger partial charge in [0.1, 0.15) is 12.0 Å². The van der Waals surface area contributed by atoms with E-state index in [2.05, 4.69) is 51.9 Å². The maximum Gasteiger partial charge on any atom is 0.277 e. The number of nitrogens with zero attached hydrogens (tertiary/aromatic N) is 2. The zero-order chi connectivity index (χ0) is 23.2. The van der Waals surface area contributed by atoms with Crippen LogP contribution in [0.2, 0.25) is 0 Å². The van der Waals surface area contributed by atoms with Crippen molar-refractivity contribution in [3.05, 3.63) is 77.2 Å². The maximum atomic E-state index is 12.8. The summed E-state index contributed by atoms with van der Waals surface area (Å²) in [6.07, 6.45) is 2.68. The minimum absolute atomic E-state index is 0.111. The Bertz CT molecular complexity index is 1090. The fourth-order valence-electron chi connectivity index (χ4n) is 4.14.